The summed E-state index contributed by atoms with van der Waals surface area (Å²) in [6, 6.07) is 4.51. The van der Waals surface area contributed by atoms with Crippen molar-refractivity contribution < 1.29 is 14.6 Å². The number of hydrogen-bond acceptors (Lipinski definition) is 5. The van der Waals surface area contributed by atoms with Crippen LogP contribution in [0.1, 0.15) is 37.1 Å². The molecule has 3 atom stereocenters. The van der Waals surface area contributed by atoms with Crippen molar-refractivity contribution in [3.63, 3.8) is 0 Å². The standard InChI is InChI=1S/C15H25NO3S/c1-2-14(15-6-4-8-20-15)16-9-12(17)10-18-11-13-5-3-7-19-13/h4,6,8,12-14,16-17H,2-3,5,7,9-11H2,1H3. The summed E-state index contributed by atoms with van der Waals surface area (Å²) in [5.74, 6) is 0. The third-order valence-electron chi connectivity index (χ3n) is 3.53. The summed E-state index contributed by atoms with van der Waals surface area (Å²) in [4.78, 5) is 1.32. The molecule has 3 unspecified atom stereocenters. The second-order valence-electron chi connectivity index (χ2n) is 5.21. The van der Waals surface area contributed by atoms with Crippen molar-refractivity contribution in [3.8, 4) is 0 Å². The van der Waals surface area contributed by atoms with E-state index in [-0.39, 0.29) is 6.10 Å². The van der Waals surface area contributed by atoms with E-state index in [1.807, 2.05) is 0 Å². The molecule has 5 heteroatoms. The smallest absolute Gasteiger partial charge is 0.0897 e. The molecule has 114 valence electrons. The molecule has 2 N–H and O–H groups in total. The Bertz CT molecular complexity index is 352. The van der Waals surface area contributed by atoms with Crippen LogP contribution in [-0.2, 0) is 9.47 Å². The lowest BCUT2D eigenvalue weighted by atomic mass is 10.2. The molecule has 1 aromatic heterocycles. The molecule has 0 radical (unpaired) electrons. The fourth-order valence-electron chi connectivity index (χ4n) is 2.38. The minimum absolute atomic E-state index is 0.227. The van der Waals surface area contributed by atoms with Crippen LogP contribution in [0.15, 0.2) is 17.5 Å². The molecule has 0 saturated carbocycles. The van der Waals surface area contributed by atoms with E-state index in [1.54, 1.807) is 11.3 Å². The van der Waals surface area contributed by atoms with Gasteiger partial charge in [0.05, 0.1) is 25.4 Å². The Morgan fingerprint density at radius 1 is 1.60 bits per heavy atom. The first-order chi connectivity index (χ1) is 9.79. The fraction of sp³-hybridized carbons (Fsp3) is 0.733. The van der Waals surface area contributed by atoms with Crippen molar-refractivity contribution in [2.45, 2.75) is 44.4 Å². The second kappa shape index (κ2) is 8.74. The van der Waals surface area contributed by atoms with Crippen molar-refractivity contribution in [1.82, 2.24) is 5.32 Å². The maximum Gasteiger partial charge on any atom is 0.0897 e. The minimum atomic E-state index is -0.467. The summed E-state index contributed by atoms with van der Waals surface area (Å²) < 4.78 is 11.0. The van der Waals surface area contributed by atoms with Crippen LogP contribution in [0, 0.1) is 0 Å². The van der Waals surface area contributed by atoms with Crippen molar-refractivity contribution in [3.05, 3.63) is 22.4 Å². The van der Waals surface area contributed by atoms with E-state index in [1.165, 1.54) is 4.88 Å². The Morgan fingerprint density at radius 2 is 2.50 bits per heavy atom. The minimum Gasteiger partial charge on any atom is -0.389 e. The Hall–Kier alpha value is -0.460. The van der Waals surface area contributed by atoms with Gasteiger partial charge in [-0.25, -0.2) is 0 Å². The number of thiophene rings is 1. The molecule has 1 aliphatic heterocycles. The molecule has 1 aliphatic rings. The monoisotopic (exact) mass is 299 g/mol. The SMILES string of the molecule is CCC(NCC(O)COCC1CCCO1)c1cccs1. The first-order valence-corrected chi connectivity index (χ1v) is 8.31. The van der Waals surface area contributed by atoms with Gasteiger partial charge in [-0.3, -0.25) is 0 Å². The molecular formula is C15H25NO3S. The largest absolute Gasteiger partial charge is 0.389 e. The number of nitrogens with one attached hydrogen (secondary N) is 1. The third-order valence-corrected chi connectivity index (χ3v) is 4.52. The van der Waals surface area contributed by atoms with Crippen LogP contribution in [0.25, 0.3) is 0 Å². The van der Waals surface area contributed by atoms with E-state index in [0.29, 0.717) is 25.8 Å². The molecule has 1 saturated heterocycles. The highest BCUT2D eigenvalue weighted by Gasteiger charge is 2.17. The Labute approximate surface area is 125 Å². The second-order valence-corrected chi connectivity index (χ2v) is 6.19. The first-order valence-electron chi connectivity index (χ1n) is 7.43. The number of aliphatic hydroxyl groups is 1. The van der Waals surface area contributed by atoms with E-state index >= 15 is 0 Å². The number of ether oxygens (including phenoxy) is 2. The van der Waals surface area contributed by atoms with Crippen LogP contribution in [0.3, 0.4) is 0 Å². The fourth-order valence-corrected chi connectivity index (χ4v) is 3.27. The molecule has 2 rings (SSSR count). The first kappa shape index (κ1) is 15.9. The lowest BCUT2D eigenvalue weighted by Gasteiger charge is -2.19. The molecule has 4 nitrogen and oxygen atoms in total. The number of hydrogen-bond donors (Lipinski definition) is 2. The zero-order valence-corrected chi connectivity index (χ0v) is 12.9. The number of aliphatic hydroxyl groups excluding tert-OH is 1. The van der Waals surface area contributed by atoms with Crippen LogP contribution in [0.5, 0.6) is 0 Å². The van der Waals surface area contributed by atoms with Gasteiger partial charge in [0.1, 0.15) is 0 Å². The molecule has 2 heterocycles. The Kier molecular flexibility index (Phi) is 6.96. The molecule has 0 aromatic carbocycles. The van der Waals surface area contributed by atoms with Gasteiger partial charge in [-0.1, -0.05) is 13.0 Å². The van der Waals surface area contributed by atoms with Gasteiger partial charge in [-0.2, -0.15) is 0 Å². The third kappa shape index (κ3) is 5.14. The highest BCUT2D eigenvalue weighted by molar-refractivity contribution is 7.10. The predicted octanol–water partition coefficient (Wildman–Crippen LogP) is 2.35. The van der Waals surface area contributed by atoms with E-state index < -0.39 is 6.10 Å². The van der Waals surface area contributed by atoms with Crippen LogP contribution in [0.2, 0.25) is 0 Å². The highest BCUT2D eigenvalue weighted by Crippen LogP contribution is 2.21. The molecule has 0 amide bonds. The van der Waals surface area contributed by atoms with E-state index in [4.69, 9.17) is 9.47 Å². The van der Waals surface area contributed by atoms with E-state index in [0.717, 1.165) is 25.9 Å². The maximum absolute atomic E-state index is 9.94. The van der Waals surface area contributed by atoms with Gasteiger partial charge in [-0.05, 0) is 30.7 Å². The lowest BCUT2D eigenvalue weighted by Crippen LogP contribution is -2.33. The van der Waals surface area contributed by atoms with Gasteiger partial charge in [0.2, 0.25) is 0 Å². The predicted molar refractivity (Wildman–Crippen MR) is 81.2 cm³/mol. The molecule has 0 spiro atoms. The van der Waals surface area contributed by atoms with Gasteiger partial charge >= 0.3 is 0 Å². The molecule has 1 fully saturated rings. The summed E-state index contributed by atoms with van der Waals surface area (Å²) in [7, 11) is 0. The summed E-state index contributed by atoms with van der Waals surface area (Å²) >= 11 is 1.75. The molecule has 1 aromatic rings. The van der Waals surface area contributed by atoms with Gasteiger partial charge < -0.3 is 19.9 Å². The van der Waals surface area contributed by atoms with Gasteiger partial charge in [0, 0.05) is 24.1 Å². The van der Waals surface area contributed by atoms with Gasteiger partial charge in [-0.15, -0.1) is 11.3 Å². The number of rotatable bonds is 9. The maximum atomic E-state index is 9.94. The van der Waals surface area contributed by atoms with Crippen molar-refractivity contribution in [1.29, 1.82) is 0 Å². The van der Waals surface area contributed by atoms with Gasteiger partial charge in [0.15, 0.2) is 0 Å². The van der Waals surface area contributed by atoms with Gasteiger partial charge in [0.25, 0.3) is 0 Å². The van der Waals surface area contributed by atoms with E-state index in [9.17, 15) is 5.11 Å². The lowest BCUT2D eigenvalue weighted by molar-refractivity contribution is -0.0169. The summed E-state index contributed by atoms with van der Waals surface area (Å²) in [6.07, 6.45) is 2.97. The molecular weight excluding hydrogens is 274 g/mol. The summed E-state index contributed by atoms with van der Waals surface area (Å²) in [5.41, 5.74) is 0. The summed E-state index contributed by atoms with van der Waals surface area (Å²) in [6.45, 7) is 4.52. The molecule has 0 aliphatic carbocycles. The zero-order chi connectivity index (χ0) is 14.2. The van der Waals surface area contributed by atoms with Crippen LogP contribution in [0.4, 0.5) is 0 Å². The summed E-state index contributed by atoms with van der Waals surface area (Å²) in [5, 5.41) is 15.4. The zero-order valence-electron chi connectivity index (χ0n) is 12.1. The van der Waals surface area contributed by atoms with Crippen LogP contribution < -0.4 is 5.32 Å². The topological polar surface area (TPSA) is 50.7 Å². The normalized spacial score (nSPS) is 22.0. The molecule has 0 bridgehead atoms. The van der Waals surface area contributed by atoms with Crippen LogP contribution in [-0.4, -0.2) is 43.7 Å². The highest BCUT2D eigenvalue weighted by atomic mass is 32.1. The van der Waals surface area contributed by atoms with Crippen molar-refractivity contribution in [2.24, 2.45) is 0 Å². The Morgan fingerprint density at radius 3 is 3.15 bits per heavy atom. The van der Waals surface area contributed by atoms with Crippen molar-refractivity contribution >= 4 is 11.3 Å². The quantitative estimate of drug-likeness (QED) is 0.735. The Balaban J connectivity index is 1.60. The van der Waals surface area contributed by atoms with E-state index in [2.05, 4.69) is 29.8 Å². The average molecular weight is 299 g/mol. The average Bonchev–Trinajstić information content (AvgIpc) is 3.12. The molecule has 20 heavy (non-hydrogen) atoms. The van der Waals surface area contributed by atoms with Crippen LogP contribution >= 0.6 is 11.3 Å². The van der Waals surface area contributed by atoms with Crippen molar-refractivity contribution in [2.75, 3.05) is 26.4 Å².